The van der Waals surface area contributed by atoms with Gasteiger partial charge in [0.2, 0.25) is 0 Å². The van der Waals surface area contributed by atoms with E-state index >= 15 is 0 Å². The smallest absolute Gasteiger partial charge is 0.309 e. The first-order chi connectivity index (χ1) is 6.50. The van der Waals surface area contributed by atoms with Crippen LogP contribution < -0.4 is 0 Å². The Balaban J connectivity index is 3.15. The molecule has 0 aliphatic heterocycles. The van der Waals surface area contributed by atoms with Crippen molar-refractivity contribution in [2.75, 3.05) is 0 Å². The minimum atomic E-state index is -1.19. The summed E-state index contributed by atoms with van der Waals surface area (Å²) in [6.07, 6.45) is -0.517. The average Bonchev–Trinajstić information content (AvgIpc) is 2.01. The highest BCUT2D eigenvalue weighted by atomic mass is 35.5. The number of nitrogens with zero attached hydrogens (tertiary/aromatic N) is 2. The first kappa shape index (κ1) is 10.4. The number of nitro groups is 1. The van der Waals surface area contributed by atoms with Crippen LogP contribution in [0.4, 0.5) is 5.69 Å². The first-order valence-corrected chi connectivity index (χ1v) is 3.90. The van der Waals surface area contributed by atoms with Crippen molar-refractivity contribution in [1.29, 1.82) is 0 Å². The number of aliphatic carboxylic acids is 1. The van der Waals surface area contributed by atoms with Crippen molar-refractivity contribution in [3.05, 3.63) is 33.1 Å². The molecule has 74 valence electrons. The van der Waals surface area contributed by atoms with Gasteiger partial charge in [0.1, 0.15) is 10.8 Å². The van der Waals surface area contributed by atoms with Crippen LogP contribution in [0.3, 0.4) is 0 Å². The van der Waals surface area contributed by atoms with E-state index in [1.54, 1.807) is 0 Å². The zero-order valence-corrected chi connectivity index (χ0v) is 7.56. The Morgan fingerprint density at radius 2 is 2.29 bits per heavy atom. The quantitative estimate of drug-likeness (QED) is 0.467. The number of carboxylic acids is 1. The maximum atomic E-state index is 10.4. The number of hydrogen-bond donors (Lipinski definition) is 1. The lowest BCUT2D eigenvalue weighted by Gasteiger charge is -1.98. The second-order valence-electron chi connectivity index (χ2n) is 2.43. The Morgan fingerprint density at radius 3 is 2.79 bits per heavy atom. The molecule has 0 unspecified atom stereocenters. The van der Waals surface area contributed by atoms with Gasteiger partial charge in [0.05, 0.1) is 11.3 Å². The molecule has 0 bridgehead atoms. The van der Waals surface area contributed by atoms with Crippen LogP contribution in [0.2, 0.25) is 5.15 Å². The Bertz CT molecular complexity index is 393. The lowest BCUT2D eigenvalue weighted by molar-refractivity contribution is -0.385. The summed E-state index contributed by atoms with van der Waals surface area (Å²) in [7, 11) is 0. The molecule has 0 aromatic carbocycles. The molecule has 0 aliphatic rings. The normalized spacial score (nSPS) is 9.79. The summed E-state index contributed by atoms with van der Waals surface area (Å²) in [6, 6.07) is 2.37. The molecule has 1 N–H and O–H groups in total. The van der Waals surface area contributed by atoms with E-state index < -0.39 is 17.3 Å². The second-order valence-corrected chi connectivity index (χ2v) is 2.81. The number of halogens is 1. The molecule has 0 fully saturated rings. The van der Waals surface area contributed by atoms with Crippen molar-refractivity contribution in [2.45, 2.75) is 6.42 Å². The summed E-state index contributed by atoms with van der Waals surface area (Å²) < 4.78 is 0. The van der Waals surface area contributed by atoms with Gasteiger partial charge in [-0.1, -0.05) is 11.6 Å². The molecule has 14 heavy (non-hydrogen) atoms. The largest absolute Gasteiger partial charge is 0.481 e. The van der Waals surface area contributed by atoms with Crippen LogP contribution in [0.1, 0.15) is 5.69 Å². The van der Waals surface area contributed by atoms with Crippen LogP contribution in [0.15, 0.2) is 12.1 Å². The lowest BCUT2D eigenvalue weighted by Crippen LogP contribution is -2.06. The summed E-state index contributed by atoms with van der Waals surface area (Å²) in [5.41, 5.74) is -0.480. The van der Waals surface area contributed by atoms with E-state index in [9.17, 15) is 14.9 Å². The van der Waals surface area contributed by atoms with E-state index in [1.807, 2.05) is 0 Å². The molecule has 0 radical (unpaired) electrons. The molecule has 0 aliphatic carbocycles. The number of aromatic nitrogens is 1. The first-order valence-electron chi connectivity index (χ1n) is 3.52. The Kier molecular flexibility index (Phi) is 2.98. The van der Waals surface area contributed by atoms with Gasteiger partial charge >= 0.3 is 5.97 Å². The maximum absolute atomic E-state index is 10.4. The standard InChI is InChI=1S/C7H5ClN2O4/c8-6-2-1-5(10(13)14)4(9-6)3-7(11)12/h1-2H,3H2,(H,11,12). The van der Waals surface area contributed by atoms with Crippen LogP contribution in [0.25, 0.3) is 0 Å². The Morgan fingerprint density at radius 1 is 1.64 bits per heavy atom. The molecule has 0 saturated heterocycles. The van der Waals surface area contributed by atoms with E-state index in [-0.39, 0.29) is 16.5 Å². The van der Waals surface area contributed by atoms with E-state index in [1.165, 1.54) is 6.07 Å². The van der Waals surface area contributed by atoms with Crippen molar-refractivity contribution >= 4 is 23.3 Å². The van der Waals surface area contributed by atoms with Crippen molar-refractivity contribution in [1.82, 2.24) is 4.98 Å². The Hall–Kier alpha value is -1.69. The SMILES string of the molecule is O=C(O)Cc1nc(Cl)ccc1[N+](=O)[O-]. The molecule has 1 heterocycles. The monoisotopic (exact) mass is 216 g/mol. The zero-order chi connectivity index (χ0) is 10.7. The third-order valence-corrected chi connectivity index (χ3v) is 1.64. The van der Waals surface area contributed by atoms with Crippen molar-refractivity contribution in [3.63, 3.8) is 0 Å². The summed E-state index contributed by atoms with van der Waals surface area (Å²) in [5, 5.41) is 18.9. The molecule has 1 rings (SSSR count). The summed E-state index contributed by atoms with van der Waals surface area (Å²) in [4.78, 5) is 23.7. The van der Waals surface area contributed by atoms with Gasteiger partial charge in [-0.3, -0.25) is 14.9 Å². The zero-order valence-electron chi connectivity index (χ0n) is 6.81. The Labute approximate surface area is 83.3 Å². The number of carbonyl (C=O) groups is 1. The number of rotatable bonds is 3. The van der Waals surface area contributed by atoms with Crippen LogP contribution in [0, 0.1) is 10.1 Å². The van der Waals surface area contributed by atoms with Crippen molar-refractivity contribution < 1.29 is 14.8 Å². The van der Waals surface area contributed by atoms with Gasteiger partial charge < -0.3 is 5.11 Å². The van der Waals surface area contributed by atoms with Crippen LogP contribution in [-0.4, -0.2) is 21.0 Å². The summed E-state index contributed by atoms with van der Waals surface area (Å²) in [6.45, 7) is 0. The van der Waals surface area contributed by atoms with E-state index in [2.05, 4.69) is 4.98 Å². The van der Waals surface area contributed by atoms with Crippen molar-refractivity contribution in [2.24, 2.45) is 0 Å². The number of carboxylic acid groups (broad SMARTS) is 1. The van der Waals surface area contributed by atoms with Gasteiger partial charge in [0, 0.05) is 6.07 Å². The van der Waals surface area contributed by atoms with Gasteiger partial charge in [-0.15, -0.1) is 0 Å². The highest BCUT2D eigenvalue weighted by Crippen LogP contribution is 2.19. The van der Waals surface area contributed by atoms with E-state index in [0.717, 1.165) is 6.07 Å². The molecule has 0 amide bonds. The molecule has 6 nitrogen and oxygen atoms in total. The molecule has 0 saturated carbocycles. The lowest BCUT2D eigenvalue weighted by atomic mass is 10.2. The summed E-state index contributed by atoms with van der Waals surface area (Å²) in [5.74, 6) is -1.19. The predicted octanol–water partition coefficient (Wildman–Crippen LogP) is 1.27. The summed E-state index contributed by atoms with van der Waals surface area (Å²) >= 11 is 5.48. The maximum Gasteiger partial charge on any atom is 0.309 e. The van der Waals surface area contributed by atoms with Crippen LogP contribution in [0.5, 0.6) is 0 Å². The van der Waals surface area contributed by atoms with Gasteiger partial charge in [-0.25, -0.2) is 4.98 Å². The second kappa shape index (κ2) is 4.01. The fraction of sp³-hybridized carbons (Fsp3) is 0.143. The minimum absolute atomic E-state index is 0.0341. The van der Waals surface area contributed by atoms with E-state index in [4.69, 9.17) is 16.7 Å². The molecule has 0 atom stereocenters. The predicted molar refractivity (Wildman–Crippen MR) is 47.2 cm³/mol. The van der Waals surface area contributed by atoms with Gasteiger partial charge in [-0.2, -0.15) is 0 Å². The fourth-order valence-corrected chi connectivity index (χ4v) is 1.07. The molecular formula is C7H5ClN2O4. The molecular weight excluding hydrogens is 212 g/mol. The van der Waals surface area contributed by atoms with Gasteiger partial charge in [0.15, 0.2) is 0 Å². The number of hydrogen-bond acceptors (Lipinski definition) is 4. The third kappa shape index (κ3) is 2.40. The van der Waals surface area contributed by atoms with Gasteiger partial charge in [-0.05, 0) is 6.07 Å². The molecule has 7 heteroatoms. The number of pyridine rings is 1. The van der Waals surface area contributed by atoms with Gasteiger partial charge in [0.25, 0.3) is 5.69 Å². The minimum Gasteiger partial charge on any atom is -0.481 e. The van der Waals surface area contributed by atoms with Crippen LogP contribution in [-0.2, 0) is 11.2 Å². The highest BCUT2D eigenvalue weighted by Gasteiger charge is 2.17. The average molecular weight is 217 g/mol. The van der Waals surface area contributed by atoms with E-state index in [0.29, 0.717) is 0 Å². The molecule has 1 aromatic rings. The molecule has 0 spiro atoms. The molecule has 1 aromatic heterocycles. The van der Waals surface area contributed by atoms with Crippen LogP contribution >= 0.6 is 11.6 Å². The van der Waals surface area contributed by atoms with Crippen molar-refractivity contribution in [3.8, 4) is 0 Å². The third-order valence-electron chi connectivity index (χ3n) is 1.43. The fourth-order valence-electron chi connectivity index (χ4n) is 0.907. The highest BCUT2D eigenvalue weighted by molar-refractivity contribution is 6.29. The topological polar surface area (TPSA) is 93.3 Å².